The minimum absolute atomic E-state index is 0. The topological polar surface area (TPSA) is 68.3 Å². The lowest BCUT2D eigenvalue weighted by molar-refractivity contribution is 0.0925. The van der Waals surface area contributed by atoms with Crippen LogP contribution in [0, 0.1) is 0 Å². The number of nitrogens with one attached hydrogen (secondary N) is 1. The van der Waals surface area contributed by atoms with Crippen LogP contribution in [-0.4, -0.2) is 11.9 Å². The predicted octanol–water partition coefficient (Wildman–Crippen LogP) is 3.62. The average molecular weight is 335 g/mol. The zero-order valence-corrected chi connectivity index (χ0v) is 13.9. The molecule has 0 saturated heterocycles. The highest BCUT2D eigenvalue weighted by Crippen LogP contribution is 2.32. The summed E-state index contributed by atoms with van der Waals surface area (Å²) in [7, 11) is 0. The van der Waals surface area contributed by atoms with E-state index in [1.807, 2.05) is 0 Å². The molecule has 1 saturated carbocycles. The van der Waals surface area contributed by atoms with Crippen molar-refractivity contribution in [1.29, 1.82) is 0 Å². The Bertz CT molecular complexity index is 619. The van der Waals surface area contributed by atoms with Gasteiger partial charge in [-0.05, 0) is 43.2 Å². The maximum absolute atomic E-state index is 12.2. The number of carbonyl (C=O) groups excluding carboxylic acids is 1. The molecule has 0 spiro atoms. The number of nitrogens with two attached hydrogens (primary N) is 1. The lowest BCUT2D eigenvalue weighted by atomic mass is 9.82. The standard InChI is InChI=1S/C18H22N2O2.ClH/c19-11-17-10-15(12-22-17)18(21)20-16-8-6-14(7-9-16)13-4-2-1-3-5-13;/h1-5,10,12,14,16H,6-9,11,19H2,(H,20,21);1H. The van der Waals surface area contributed by atoms with Crippen LogP contribution in [-0.2, 0) is 6.54 Å². The summed E-state index contributed by atoms with van der Waals surface area (Å²) in [6.07, 6.45) is 5.76. The first kappa shape index (κ1) is 17.6. The molecule has 0 radical (unpaired) electrons. The highest BCUT2D eigenvalue weighted by atomic mass is 35.5. The molecule has 1 aliphatic carbocycles. The average Bonchev–Trinajstić information content (AvgIpc) is 3.06. The van der Waals surface area contributed by atoms with Crippen LogP contribution in [0.15, 0.2) is 47.1 Å². The molecule has 124 valence electrons. The van der Waals surface area contributed by atoms with Crippen molar-refractivity contribution < 1.29 is 9.21 Å². The molecule has 0 aliphatic heterocycles. The van der Waals surface area contributed by atoms with Gasteiger partial charge in [0.05, 0.1) is 12.1 Å². The first-order chi connectivity index (χ1) is 10.8. The van der Waals surface area contributed by atoms with Gasteiger partial charge in [-0.3, -0.25) is 4.79 Å². The van der Waals surface area contributed by atoms with Crippen LogP contribution in [0.25, 0.3) is 0 Å². The van der Waals surface area contributed by atoms with E-state index in [0.29, 0.717) is 23.8 Å². The molecule has 1 heterocycles. The van der Waals surface area contributed by atoms with E-state index in [2.05, 4.69) is 35.6 Å². The molecule has 1 fully saturated rings. The van der Waals surface area contributed by atoms with Crippen LogP contribution >= 0.6 is 12.4 Å². The Morgan fingerprint density at radius 3 is 2.48 bits per heavy atom. The molecule has 3 rings (SSSR count). The van der Waals surface area contributed by atoms with Crippen molar-refractivity contribution in [3.63, 3.8) is 0 Å². The molecule has 0 unspecified atom stereocenters. The number of furan rings is 1. The zero-order chi connectivity index (χ0) is 15.4. The lowest BCUT2D eigenvalue weighted by Crippen LogP contribution is -2.37. The van der Waals surface area contributed by atoms with Crippen LogP contribution < -0.4 is 11.1 Å². The number of halogens is 1. The smallest absolute Gasteiger partial charge is 0.254 e. The summed E-state index contributed by atoms with van der Waals surface area (Å²) in [5.74, 6) is 1.19. The van der Waals surface area contributed by atoms with Gasteiger partial charge in [-0.25, -0.2) is 0 Å². The summed E-state index contributed by atoms with van der Waals surface area (Å²) in [4.78, 5) is 12.2. The van der Waals surface area contributed by atoms with E-state index in [1.165, 1.54) is 11.8 Å². The Morgan fingerprint density at radius 1 is 1.17 bits per heavy atom. The fraction of sp³-hybridized carbons (Fsp3) is 0.389. The van der Waals surface area contributed by atoms with Crippen LogP contribution in [0.4, 0.5) is 0 Å². The Morgan fingerprint density at radius 2 is 1.87 bits per heavy atom. The van der Waals surface area contributed by atoms with Gasteiger partial charge in [0, 0.05) is 6.04 Å². The second-order valence-corrected chi connectivity index (χ2v) is 5.94. The summed E-state index contributed by atoms with van der Waals surface area (Å²) in [5.41, 5.74) is 7.47. The van der Waals surface area contributed by atoms with E-state index in [1.54, 1.807) is 6.07 Å². The second-order valence-electron chi connectivity index (χ2n) is 5.94. The van der Waals surface area contributed by atoms with E-state index in [9.17, 15) is 4.79 Å². The summed E-state index contributed by atoms with van der Waals surface area (Å²) in [6, 6.07) is 12.6. The highest BCUT2D eigenvalue weighted by Gasteiger charge is 2.24. The van der Waals surface area contributed by atoms with E-state index in [-0.39, 0.29) is 24.4 Å². The molecule has 1 aromatic heterocycles. The molecule has 3 N–H and O–H groups in total. The first-order valence-electron chi connectivity index (χ1n) is 7.89. The van der Waals surface area contributed by atoms with Crippen LogP contribution in [0.1, 0.15) is 53.3 Å². The van der Waals surface area contributed by atoms with Crippen LogP contribution in [0.3, 0.4) is 0 Å². The molecule has 0 atom stereocenters. The van der Waals surface area contributed by atoms with E-state index < -0.39 is 0 Å². The molecular weight excluding hydrogens is 312 g/mol. The summed E-state index contributed by atoms with van der Waals surface area (Å²) < 4.78 is 5.21. The third kappa shape index (κ3) is 4.36. The van der Waals surface area contributed by atoms with Gasteiger partial charge in [-0.1, -0.05) is 30.3 Å². The molecule has 1 amide bonds. The quantitative estimate of drug-likeness (QED) is 0.897. The van der Waals surface area contributed by atoms with Gasteiger partial charge in [0.1, 0.15) is 12.0 Å². The third-order valence-corrected chi connectivity index (χ3v) is 4.45. The Balaban J connectivity index is 0.00000192. The van der Waals surface area contributed by atoms with Gasteiger partial charge in [0.15, 0.2) is 0 Å². The van der Waals surface area contributed by atoms with E-state index >= 15 is 0 Å². The third-order valence-electron chi connectivity index (χ3n) is 4.45. The number of amides is 1. The van der Waals surface area contributed by atoms with Crippen molar-refractivity contribution >= 4 is 18.3 Å². The zero-order valence-electron chi connectivity index (χ0n) is 13.0. The highest BCUT2D eigenvalue weighted by molar-refractivity contribution is 5.94. The first-order valence-corrected chi connectivity index (χ1v) is 7.89. The molecule has 0 bridgehead atoms. The minimum Gasteiger partial charge on any atom is -0.467 e. The maximum atomic E-state index is 12.2. The van der Waals surface area contributed by atoms with Gasteiger partial charge < -0.3 is 15.5 Å². The van der Waals surface area contributed by atoms with Gasteiger partial charge in [-0.15, -0.1) is 12.4 Å². The van der Waals surface area contributed by atoms with Crippen molar-refractivity contribution in [2.24, 2.45) is 5.73 Å². The lowest BCUT2D eigenvalue weighted by Gasteiger charge is -2.29. The molecular formula is C18H23ClN2O2. The summed E-state index contributed by atoms with van der Waals surface area (Å²) in [5, 5.41) is 3.10. The predicted molar refractivity (Wildman–Crippen MR) is 92.8 cm³/mol. The van der Waals surface area contributed by atoms with Crippen molar-refractivity contribution in [3.8, 4) is 0 Å². The van der Waals surface area contributed by atoms with Crippen molar-refractivity contribution in [2.45, 2.75) is 44.2 Å². The van der Waals surface area contributed by atoms with Gasteiger partial charge >= 0.3 is 0 Å². The summed E-state index contributed by atoms with van der Waals surface area (Å²) >= 11 is 0. The molecule has 23 heavy (non-hydrogen) atoms. The van der Waals surface area contributed by atoms with E-state index in [4.69, 9.17) is 10.2 Å². The summed E-state index contributed by atoms with van der Waals surface area (Å²) in [6.45, 7) is 0.315. The SMILES string of the molecule is Cl.NCc1cc(C(=O)NC2CCC(c3ccccc3)CC2)co1. The monoisotopic (exact) mass is 334 g/mol. The normalized spacial score (nSPS) is 20.6. The van der Waals surface area contributed by atoms with Crippen LogP contribution in [0.2, 0.25) is 0 Å². The fourth-order valence-corrected chi connectivity index (χ4v) is 3.17. The fourth-order valence-electron chi connectivity index (χ4n) is 3.17. The largest absolute Gasteiger partial charge is 0.467 e. The molecule has 5 heteroatoms. The Labute approximate surface area is 142 Å². The molecule has 1 aromatic carbocycles. The Kier molecular flexibility index (Phi) is 6.25. The molecule has 1 aliphatic rings. The molecule has 2 aromatic rings. The number of hydrogen-bond acceptors (Lipinski definition) is 3. The van der Waals surface area contributed by atoms with E-state index in [0.717, 1.165) is 25.7 Å². The van der Waals surface area contributed by atoms with Crippen molar-refractivity contribution in [2.75, 3.05) is 0 Å². The number of carbonyl (C=O) groups is 1. The maximum Gasteiger partial charge on any atom is 0.254 e. The van der Waals surface area contributed by atoms with Crippen molar-refractivity contribution in [3.05, 3.63) is 59.5 Å². The van der Waals surface area contributed by atoms with Gasteiger partial charge in [0.25, 0.3) is 5.91 Å². The van der Waals surface area contributed by atoms with Gasteiger partial charge in [-0.2, -0.15) is 0 Å². The molecule has 4 nitrogen and oxygen atoms in total. The second kappa shape index (κ2) is 8.18. The van der Waals surface area contributed by atoms with Crippen molar-refractivity contribution in [1.82, 2.24) is 5.32 Å². The van der Waals surface area contributed by atoms with Crippen LogP contribution in [0.5, 0.6) is 0 Å². The minimum atomic E-state index is -0.0633. The number of benzene rings is 1. The number of hydrogen-bond donors (Lipinski definition) is 2. The number of rotatable bonds is 4. The van der Waals surface area contributed by atoms with Gasteiger partial charge in [0.2, 0.25) is 0 Å². The Hall–Kier alpha value is -1.78.